The molecule has 26 heavy (non-hydrogen) atoms. The third-order valence-corrected chi connectivity index (χ3v) is 5.16. The van der Waals surface area contributed by atoms with Crippen LogP contribution >= 0.6 is 0 Å². The van der Waals surface area contributed by atoms with Crippen molar-refractivity contribution < 1.29 is 38.9 Å². The number of esters is 2. The van der Waals surface area contributed by atoms with Gasteiger partial charge in [-0.25, -0.2) is 0 Å². The van der Waals surface area contributed by atoms with E-state index >= 15 is 0 Å². The zero-order valence-electron chi connectivity index (χ0n) is 14.8. The Morgan fingerprint density at radius 3 is 1.58 bits per heavy atom. The van der Waals surface area contributed by atoms with Crippen LogP contribution in [0.15, 0.2) is 0 Å². The van der Waals surface area contributed by atoms with Gasteiger partial charge in [-0.05, 0) is 51.4 Å². The van der Waals surface area contributed by atoms with Gasteiger partial charge in [-0.15, -0.1) is 0 Å². The maximum atomic E-state index is 12.5. The van der Waals surface area contributed by atoms with Crippen molar-refractivity contribution in [2.75, 3.05) is 0 Å². The van der Waals surface area contributed by atoms with E-state index in [1.54, 1.807) is 0 Å². The van der Waals surface area contributed by atoms with Crippen molar-refractivity contribution in [3.8, 4) is 0 Å². The lowest BCUT2D eigenvalue weighted by Gasteiger charge is -2.28. The fourth-order valence-corrected chi connectivity index (χ4v) is 3.55. The van der Waals surface area contributed by atoms with E-state index < -0.39 is 41.8 Å². The van der Waals surface area contributed by atoms with Crippen molar-refractivity contribution in [1.82, 2.24) is 0 Å². The number of carbonyl (C=O) groups is 4. The molecule has 2 fully saturated rings. The molecule has 0 amide bonds. The van der Waals surface area contributed by atoms with Gasteiger partial charge in [-0.1, -0.05) is 12.8 Å². The number of ether oxygens (including phenoxy) is 2. The van der Waals surface area contributed by atoms with Crippen LogP contribution in [0.4, 0.5) is 0 Å². The minimum absolute atomic E-state index is 0.356. The van der Waals surface area contributed by atoms with Crippen LogP contribution in [0.5, 0.6) is 0 Å². The fourth-order valence-electron chi connectivity index (χ4n) is 3.55. The van der Waals surface area contributed by atoms with Gasteiger partial charge in [0.05, 0.1) is 6.42 Å². The standard InChI is InChI=1S/C18H26O8/c19-14(25-12-7-3-1-4-8-12)11-18(15(20)21,16(22)23)17(24)26-13-9-5-2-6-10-13/h12-13H,1-11H2,(H,20,21)(H,22,23). The summed E-state index contributed by atoms with van der Waals surface area (Å²) in [4.78, 5) is 48.0. The molecule has 8 nitrogen and oxygen atoms in total. The second-order valence-electron chi connectivity index (χ2n) is 7.11. The smallest absolute Gasteiger partial charge is 0.336 e. The molecule has 2 aliphatic rings. The lowest BCUT2D eigenvalue weighted by atomic mass is 9.84. The summed E-state index contributed by atoms with van der Waals surface area (Å²) in [5.41, 5.74) is -2.97. The van der Waals surface area contributed by atoms with Crippen LogP contribution in [-0.4, -0.2) is 46.3 Å². The van der Waals surface area contributed by atoms with Gasteiger partial charge in [0.1, 0.15) is 12.2 Å². The van der Waals surface area contributed by atoms with Crippen LogP contribution in [0.2, 0.25) is 0 Å². The summed E-state index contributed by atoms with van der Waals surface area (Å²) in [6.45, 7) is 0. The summed E-state index contributed by atoms with van der Waals surface area (Å²) in [6, 6.07) is 0. The van der Waals surface area contributed by atoms with Gasteiger partial charge in [0.15, 0.2) is 0 Å². The van der Waals surface area contributed by atoms with E-state index in [2.05, 4.69) is 0 Å². The molecule has 0 unspecified atom stereocenters. The first kappa shape index (κ1) is 20.2. The predicted molar refractivity (Wildman–Crippen MR) is 88.3 cm³/mol. The highest BCUT2D eigenvalue weighted by molar-refractivity contribution is 6.18. The molecule has 8 heteroatoms. The number of hydrogen-bond donors (Lipinski definition) is 2. The van der Waals surface area contributed by atoms with Gasteiger partial charge >= 0.3 is 23.9 Å². The van der Waals surface area contributed by atoms with Crippen LogP contribution in [0.3, 0.4) is 0 Å². The number of carboxylic acids is 2. The first-order valence-corrected chi connectivity index (χ1v) is 9.23. The number of carbonyl (C=O) groups excluding carboxylic acids is 2. The van der Waals surface area contributed by atoms with Gasteiger partial charge in [-0.2, -0.15) is 0 Å². The molecule has 0 bridgehead atoms. The van der Waals surface area contributed by atoms with Gasteiger partial charge in [0, 0.05) is 0 Å². The van der Waals surface area contributed by atoms with E-state index in [9.17, 15) is 29.4 Å². The summed E-state index contributed by atoms with van der Waals surface area (Å²) in [5.74, 6) is -6.22. The Balaban J connectivity index is 2.09. The van der Waals surface area contributed by atoms with Crippen molar-refractivity contribution in [2.45, 2.75) is 82.8 Å². The first-order valence-electron chi connectivity index (χ1n) is 9.23. The molecule has 0 saturated heterocycles. The lowest BCUT2D eigenvalue weighted by Crippen LogP contribution is -2.50. The topological polar surface area (TPSA) is 127 Å². The minimum Gasteiger partial charge on any atom is -0.480 e. The van der Waals surface area contributed by atoms with Gasteiger partial charge in [-0.3, -0.25) is 19.2 Å². The normalized spacial score (nSPS) is 19.5. The van der Waals surface area contributed by atoms with Crippen LogP contribution in [0.1, 0.15) is 70.6 Å². The van der Waals surface area contributed by atoms with E-state index in [-0.39, 0.29) is 6.10 Å². The summed E-state index contributed by atoms with van der Waals surface area (Å²) >= 11 is 0. The van der Waals surface area contributed by atoms with Crippen LogP contribution in [0.25, 0.3) is 0 Å². The molecule has 0 aliphatic heterocycles. The second kappa shape index (κ2) is 9.00. The Kier molecular flexibility index (Phi) is 6.99. The van der Waals surface area contributed by atoms with Crippen molar-refractivity contribution >= 4 is 23.9 Å². The van der Waals surface area contributed by atoms with E-state index in [1.165, 1.54) is 0 Å². The molecule has 0 aromatic heterocycles. The number of carboxylic acid groups (broad SMARTS) is 2. The van der Waals surface area contributed by atoms with Gasteiger partial charge in [0.25, 0.3) is 5.41 Å². The molecule has 0 heterocycles. The van der Waals surface area contributed by atoms with Crippen LogP contribution < -0.4 is 0 Å². The highest BCUT2D eigenvalue weighted by atomic mass is 16.6. The fraction of sp³-hybridized carbons (Fsp3) is 0.778. The molecular formula is C18H26O8. The second-order valence-corrected chi connectivity index (χ2v) is 7.11. The zero-order valence-corrected chi connectivity index (χ0v) is 14.8. The Labute approximate surface area is 151 Å². The van der Waals surface area contributed by atoms with Crippen molar-refractivity contribution in [3.05, 3.63) is 0 Å². The molecule has 2 rings (SSSR count). The third kappa shape index (κ3) is 4.74. The number of hydrogen-bond acceptors (Lipinski definition) is 6. The molecule has 0 spiro atoms. The van der Waals surface area contributed by atoms with E-state index in [4.69, 9.17) is 9.47 Å². The largest absolute Gasteiger partial charge is 0.480 e. The van der Waals surface area contributed by atoms with Crippen molar-refractivity contribution in [1.29, 1.82) is 0 Å². The summed E-state index contributed by atoms with van der Waals surface area (Å²) < 4.78 is 10.4. The highest BCUT2D eigenvalue weighted by Gasteiger charge is 2.58. The zero-order chi connectivity index (χ0) is 19.2. The maximum absolute atomic E-state index is 12.5. The minimum atomic E-state index is -2.97. The summed E-state index contributed by atoms with van der Waals surface area (Å²) in [6.07, 6.45) is 5.98. The lowest BCUT2D eigenvalue weighted by molar-refractivity contribution is -0.187. The summed E-state index contributed by atoms with van der Waals surface area (Å²) in [7, 11) is 0. The first-order chi connectivity index (χ1) is 12.4. The van der Waals surface area contributed by atoms with Gasteiger partial charge < -0.3 is 19.7 Å². The maximum Gasteiger partial charge on any atom is 0.336 e. The molecule has 0 radical (unpaired) electrons. The van der Waals surface area contributed by atoms with Crippen LogP contribution in [-0.2, 0) is 28.7 Å². The van der Waals surface area contributed by atoms with Crippen molar-refractivity contribution in [2.24, 2.45) is 5.41 Å². The average molecular weight is 370 g/mol. The average Bonchev–Trinajstić information content (AvgIpc) is 2.60. The molecule has 2 N–H and O–H groups in total. The summed E-state index contributed by atoms with van der Waals surface area (Å²) in [5, 5.41) is 18.9. The van der Waals surface area contributed by atoms with Crippen LogP contribution in [0, 0.1) is 5.41 Å². The number of aliphatic carboxylic acids is 2. The van der Waals surface area contributed by atoms with Gasteiger partial charge in [0.2, 0.25) is 0 Å². The molecule has 0 atom stereocenters. The molecule has 2 saturated carbocycles. The monoisotopic (exact) mass is 370 g/mol. The Hall–Kier alpha value is -2.12. The van der Waals surface area contributed by atoms with E-state index in [1.807, 2.05) is 0 Å². The molecule has 2 aliphatic carbocycles. The number of rotatable bonds is 7. The predicted octanol–water partition coefficient (Wildman–Crippen LogP) is 2.28. The molecular weight excluding hydrogens is 344 g/mol. The van der Waals surface area contributed by atoms with Crippen molar-refractivity contribution in [3.63, 3.8) is 0 Å². The SMILES string of the molecule is O=C(CC(C(=O)O)(C(=O)O)C(=O)OC1CCCCC1)OC1CCCCC1. The Morgan fingerprint density at radius 2 is 1.15 bits per heavy atom. The van der Waals surface area contributed by atoms with E-state index in [0.717, 1.165) is 38.5 Å². The molecule has 0 aromatic carbocycles. The Morgan fingerprint density at radius 1 is 0.731 bits per heavy atom. The highest BCUT2D eigenvalue weighted by Crippen LogP contribution is 2.31. The molecule has 0 aromatic rings. The quantitative estimate of drug-likeness (QED) is 0.516. The third-order valence-electron chi connectivity index (χ3n) is 5.16. The Bertz CT molecular complexity index is 529. The van der Waals surface area contributed by atoms with E-state index in [0.29, 0.717) is 25.7 Å². The molecule has 146 valence electrons.